The topological polar surface area (TPSA) is 98.7 Å². The minimum atomic E-state index is 0.222. The van der Waals surface area contributed by atoms with Gasteiger partial charge in [-0.15, -0.1) is 10.2 Å². The third kappa shape index (κ3) is 3.15. The second kappa shape index (κ2) is 6.97. The summed E-state index contributed by atoms with van der Waals surface area (Å²) in [5.74, 6) is 1.83. The van der Waals surface area contributed by atoms with Gasteiger partial charge >= 0.3 is 6.01 Å². The third-order valence-corrected chi connectivity index (χ3v) is 5.40. The third-order valence-electron chi connectivity index (χ3n) is 5.11. The Hall–Kier alpha value is -3.26. The number of fused-ring (bicyclic) bond motifs is 1. The molecule has 9 heteroatoms. The van der Waals surface area contributed by atoms with Gasteiger partial charge in [-0.25, -0.2) is 9.97 Å². The molecule has 0 bridgehead atoms. The normalized spacial score (nSPS) is 18.0. The van der Waals surface area contributed by atoms with Gasteiger partial charge in [0.05, 0.1) is 30.8 Å². The van der Waals surface area contributed by atoms with Gasteiger partial charge in [0, 0.05) is 12.1 Å². The zero-order valence-electron chi connectivity index (χ0n) is 15.8. The van der Waals surface area contributed by atoms with E-state index in [1.807, 2.05) is 30.3 Å². The van der Waals surface area contributed by atoms with Crippen LogP contribution in [-0.2, 0) is 0 Å². The molecule has 0 saturated heterocycles. The Kier molecular flexibility index (Phi) is 4.28. The summed E-state index contributed by atoms with van der Waals surface area (Å²) in [5.41, 5.74) is 4.15. The van der Waals surface area contributed by atoms with Crippen LogP contribution in [0.5, 0.6) is 11.9 Å². The quantitative estimate of drug-likeness (QED) is 0.536. The maximum Gasteiger partial charge on any atom is 0.319 e. The van der Waals surface area contributed by atoms with Crippen molar-refractivity contribution < 1.29 is 9.47 Å². The maximum absolute atomic E-state index is 6.38. The molecule has 0 amide bonds. The highest BCUT2D eigenvalue weighted by atomic mass is 35.5. The van der Waals surface area contributed by atoms with Crippen molar-refractivity contribution in [2.75, 3.05) is 14.2 Å². The van der Waals surface area contributed by atoms with Crippen molar-refractivity contribution in [1.82, 2.24) is 30.1 Å². The number of hydrogen-bond acceptors (Lipinski definition) is 7. The molecule has 1 aliphatic rings. The Labute approximate surface area is 171 Å². The van der Waals surface area contributed by atoms with Crippen molar-refractivity contribution in [3.8, 4) is 23.1 Å². The van der Waals surface area contributed by atoms with Crippen LogP contribution in [0.2, 0.25) is 5.15 Å². The van der Waals surface area contributed by atoms with Gasteiger partial charge in [-0.05, 0) is 36.1 Å². The second-order valence-corrected chi connectivity index (χ2v) is 7.20. The summed E-state index contributed by atoms with van der Waals surface area (Å²) < 4.78 is 10.4. The summed E-state index contributed by atoms with van der Waals surface area (Å²) in [6, 6.07) is 10.2. The molecule has 3 aromatic heterocycles. The molecule has 146 valence electrons. The number of H-pyrrole nitrogens is 1. The number of nitrogens with zero attached hydrogens (tertiary/aromatic N) is 5. The monoisotopic (exact) mass is 408 g/mol. The van der Waals surface area contributed by atoms with Gasteiger partial charge in [-0.3, -0.25) is 0 Å². The molecule has 5 rings (SSSR count). The number of aromatic amines is 1. The molecule has 4 aromatic rings. The number of halogens is 1. The number of rotatable bonds is 5. The van der Waals surface area contributed by atoms with Gasteiger partial charge in [0.15, 0.2) is 5.15 Å². The lowest BCUT2D eigenvalue weighted by Gasteiger charge is -2.09. The lowest BCUT2D eigenvalue weighted by Crippen LogP contribution is -2.00. The highest BCUT2D eigenvalue weighted by molar-refractivity contribution is 6.30. The molecule has 3 heterocycles. The van der Waals surface area contributed by atoms with E-state index in [0.717, 1.165) is 28.8 Å². The molecule has 8 nitrogen and oxygen atoms in total. The van der Waals surface area contributed by atoms with E-state index >= 15 is 0 Å². The molecule has 1 saturated carbocycles. The molecule has 29 heavy (non-hydrogen) atoms. The van der Waals surface area contributed by atoms with Crippen LogP contribution in [0.25, 0.3) is 22.3 Å². The van der Waals surface area contributed by atoms with E-state index < -0.39 is 0 Å². The van der Waals surface area contributed by atoms with Crippen LogP contribution in [0.3, 0.4) is 0 Å². The summed E-state index contributed by atoms with van der Waals surface area (Å²) in [7, 11) is 3.04. The Morgan fingerprint density at radius 1 is 1.07 bits per heavy atom. The summed E-state index contributed by atoms with van der Waals surface area (Å²) in [5, 5.41) is 8.75. The summed E-state index contributed by atoms with van der Waals surface area (Å²) in [4.78, 5) is 16.5. The van der Waals surface area contributed by atoms with Gasteiger partial charge in [0.1, 0.15) is 11.5 Å². The first-order valence-corrected chi connectivity index (χ1v) is 9.49. The van der Waals surface area contributed by atoms with Crippen LogP contribution < -0.4 is 9.47 Å². The highest BCUT2D eigenvalue weighted by Gasteiger charge is 2.43. The minimum Gasteiger partial charge on any atom is -0.480 e. The number of nitrogens with one attached hydrogen (secondary N) is 1. The number of benzene rings is 1. The fourth-order valence-electron chi connectivity index (χ4n) is 3.55. The predicted molar refractivity (Wildman–Crippen MR) is 107 cm³/mol. The fourth-order valence-corrected chi connectivity index (χ4v) is 3.79. The fraction of sp³-hybridized carbons (Fsp3) is 0.250. The number of aromatic nitrogens is 6. The first-order valence-electron chi connectivity index (χ1n) is 9.11. The number of imidazole rings is 1. The molecule has 1 aromatic carbocycles. The van der Waals surface area contributed by atoms with Crippen LogP contribution in [0.1, 0.15) is 29.6 Å². The molecule has 0 aliphatic heterocycles. The van der Waals surface area contributed by atoms with Gasteiger partial charge < -0.3 is 14.5 Å². The average Bonchev–Trinajstić information content (AvgIpc) is 3.44. The standard InChI is InChI=1S/C20H17ClN6O2/c1-28-19-13(9-22-20(25-19)29-2)16-8-11(17(21)27-26-16)10-7-12(10)18-23-14-5-3-4-6-15(14)24-18/h3-6,8-10,12H,7H2,1-2H3,(H,23,24)/t10-,12+/m1/s1. The van der Waals surface area contributed by atoms with Crippen LogP contribution in [0, 0.1) is 0 Å². The summed E-state index contributed by atoms with van der Waals surface area (Å²) >= 11 is 6.38. The van der Waals surface area contributed by atoms with Crippen molar-refractivity contribution in [3.05, 3.63) is 53.1 Å². The maximum atomic E-state index is 6.38. The number of ether oxygens (including phenoxy) is 2. The van der Waals surface area contributed by atoms with Gasteiger partial charge in [0.2, 0.25) is 5.88 Å². The molecular weight excluding hydrogens is 392 g/mol. The summed E-state index contributed by atoms with van der Waals surface area (Å²) in [6.45, 7) is 0. The zero-order chi connectivity index (χ0) is 20.0. The average molecular weight is 409 g/mol. The van der Waals surface area contributed by atoms with E-state index in [1.54, 1.807) is 6.20 Å². The van der Waals surface area contributed by atoms with Gasteiger partial charge in [-0.1, -0.05) is 23.7 Å². The van der Waals surface area contributed by atoms with Gasteiger partial charge in [0.25, 0.3) is 0 Å². The number of methoxy groups -OCH3 is 2. The van der Waals surface area contributed by atoms with Crippen molar-refractivity contribution in [3.63, 3.8) is 0 Å². The first-order chi connectivity index (χ1) is 14.2. The minimum absolute atomic E-state index is 0.222. The van der Waals surface area contributed by atoms with E-state index in [9.17, 15) is 0 Å². The van der Waals surface area contributed by atoms with E-state index in [2.05, 4.69) is 25.1 Å². The lowest BCUT2D eigenvalue weighted by atomic mass is 10.1. The predicted octanol–water partition coefficient (Wildman–Crippen LogP) is 3.75. The van der Waals surface area contributed by atoms with Crippen LogP contribution in [0.4, 0.5) is 0 Å². The first kappa shape index (κ1) is 17.8. The molecule has 0 unspecified atom stereocenters. The number of para-hydroxylation sites is 2. The van der Waals surface area contributed by atoms with Crippen LogP contribution in [0.15, 0.2) is 36.5 Å². The molecule has 0 spiro atoms. The Balaban J connectivity index is 1.48. The second-order valence-electron chi connectivity index (χ2n) is 6.84. The largest absolute Gasteiger partial charge is 0.480 e. The molecule has 1 fully saturated rings. The van der Waals surface area contributed by atoms with E-state index in [4.69, 9.17) is 26.1 Å². The molecule has 0 radical (unpaired) electrons. The molecule has 2 atom stereocenters. The molecule has 1 aliphatic carbocycles. The van der Waals surface area contributed by atoms with Crippen LogP contribution >= 0.6 is 11.6 Å². The van der Waals surface area contributed by atoms with Gasteiger partial charge in [-0.2, -0.15) is 4.98 Å². The molecule has 1 N–H and O–H groups in total. The Bertz CT molecular complexity index is 1180. The zero-order valence-corrected chi connectivity index (χ0v) is 16.5. The number of hydrogen-bond donors (Lipinski definition) is 1. The molecular formula is C20H17ClN6O2. The van der Waals surface area contributed by atoms with Crippen molar-refractivity contribution >= 4 is 22.6 Å². The Morgan fingerprint density at radius 3 is 2.72 bits per heavy atom. The lowest BCUT2D eigenvalue weighted by molar-refractivity contribution is 0.353. The van der Waals surface area contributed by atoms with Crippen molar-refractivity contribution in [2.24, 2.45) is 0 Å². The van der Waals surface area contributed by atoms with E-state index in [0.29, 0.717) is 22.3 Å². The van der Waals surface area contributed by atoms with Crippen molar-refractivity contribution in [2.45, 2.75) is 18.3 Å². The van der Waals surface area contributed by atoms with E-state index in [-0.39, 0.29) is 17.8 Å². The summed E-state index contributed by atoms with van der Waals surface area (Å²) in [6.07, 6.45) is 2.55. The highest BCUT2D eigenvalue weighted by Crippen LogP contribution is 2.55. The van der Waals surface area contributed by atoms with Crippen LogP contribution in [-0.4, -0.2) is 44.4 Å². The SMILES string of the molecule is COc1ncc(-c2cc([C@H]3C[C@@H]3c3nc4ccccc4[nH]3)c(Cl)nn2)c(OC)n1. The van der Waals surface area contributed by atoms with Crippen molar-refractivity contribution in [1.29, 1.82) is 0 Å². The Morgan fingerprint density at radius 2 is 1.93 bits per heavy atom. The van der Waals surface area contributed by atoms with E-state index in [1.165, 1.54) is 14.2 Å². The smallest absolute Gasteiger partial charge is 0.319 e.